The third kappa shape index (κ3) is 4.12. The molecule has 0 aliphatic carbocycles. The van der Waals surface area contributed by atoms with Gasteiger partial charge in [0.05, 0.1) is 6.61 Å². The van der Waals surface area contributed by atoms with Crippen LogP contribution in [-0.4, -0.2) is 21.7 Å². The largest absolute Gasteiger partial charge is 0.395 e. The van der Waals surface area contributed by atoms with Gasteiger partial charge in [0.2, 0.25) is 0 Å². The molecule has 0 atom stereocenters. The molecule has 0 aliphatic heterocycles. The van der Waals surface area contributed by atoms with Crippen molar-refractivity contribution in [3.8, 4) is 11.8 Å². The minimum atomic E-state index is -0.306. The molecule has 0 aliphatic rings. The van der Waals surface area contributed by atoms with Crippen LogP contribution in [-0.2, 0) is 5.75 Å². The van der Waals surface area contributed by atoms with Crippen LogP contribution in [0, 0.1) is 17.7 Å². The molecular formula is C14H13FN2OS. The van der Waals surface area contributed by atoms with Gasteiger partial charge in [-0.1, -0.05) is 29.7 Å². The molecule has 1 aromatic heterocycles. The molecule has 2 rings (SSSR count). The van der Waals surface area contributed by atoms with Crippen molar-refractivity contribution in [2.24, 2.45) is 0 Å². The van der Waals surface area contributed by atoms with E-state index in [1.807, 2.05) is 0 Å². The summed E-state index contributed by atoms with van der Waals surface area (Å²) >= 11 is 1.53. The lowest BCUT2D eigenvalue weighted by Crippen LogP contribution is -1.90. The quantitative estimate of drug-likeness (QED) is 0.666. The van der Waals surface area contributed by atoms with Gasteiger partial charge in [-0.15, -0.1) is 0 Å². The second kappa shape index (κ2) is 6.98. The number of halogens is 1. The molecule has 0 saturated heterocycles. The third-order valence-electron chi connectivity index (χ3n) is 2.37. The van der Waals surface area contributed by atoms with Crippen LogP contribution in [0.25, 0.3) is 0 Å². The van der Waals surface area contributed by atoms with Gasteiger partial charge in [0.1, 0.15) is 5.82 Å². The highest BCUT2D eigenvalue weighted by Crippen LogP contribution is 2.21. The summed E-state index contributed by atoms with van der Waals surface area (Å²) in [6, 6.07) is 4.58. The van der Waals surface area contributed by atoms with Gasteiger partial charge >= 0.3 is 0 Å². The van der Waals surface area contributed by atoms with Gasteiger partial charge in [-0.3, -0.25) is 0 Å². The fraction of sp³-hybridized carbons (Fsp3) is 0.214. The van der Waals surface area contributed by atoms with Gasteiger partial charge in [0.15, 0.2) is 5.16 Å². The van der Waals surface area contributed by atoms with Gasteiger partial charge < -0.3 is 10.1 Å². The summed E-state index contributed by atoms with van der Waals surface area (Å²) in [5, 5.41) is 9.52. The molecule has 2 N–H and O–H groups in total. The maximum absolute atomic E-state index is 13.2. The molecule has 3 nitrogen and oxygen atoms in total. The van der Waals surface area contributed by atoms with Crippen LogP contribution in [0.3, 0.4) is 0 Å². The van der Waals surface area contributed by atoms with Crippen molar-refractivity contribution < 1.29 is 9.50 Å². The predicted octanol–water partition coefficient (Wildman–Crippen LogP) is 2.58. The van der Waals surface area contributed by atoms with E-state index in [9.17, 15) is 4.39 Å². The van der Waals surface area contributed by atoms with Gasteiger partial charge in [0.25, 0.3) is 0 Å². The van der Waals surface area contributed by atoms with Crippen molar-refractivity contribution in [2.75, 3.05) is 6.61 Å². The summed E-state index contributed by atoms with van der Waals surface area (Å²) in [6.45, 7) is 0.0127. The maximum Gasteiger partial charge on any atom is 0.165 e. The van der Waals surface area contributed by atoms with E-state index >= 15 is 0 Å². The number of H-pyrrole nitrogens is 1. The lowest BCUT2D eigenvalue weighted by atomic mass is 10.1. The fourth-order valence-corrected chi connectivity index (χ4v) is 2.31. The van der Waals surface area contributed by atoms with Crippen LogP contribution in [0.1, 0.15) is 17.5 Å². The Kier molecular flexibility index (Phi) is 5.01. The Morgan fingerprint density at radius 2 is 2.32 bits per heavy atom. The van der Waals surface area contributed by atoms with Crippen molar-refractivity contribution in [1.29, 1.82) is 0 Å². The highest BCUT2D eigenvalue weighted by molar-refractivity contribution is 7.98. The molecule has 1 heterocycles. The van der Waals surface area contributed by atoms with E-state index in [0.29, 0.717) is 17.7 Å². The molecule has 0 radical (unpaired) electrons. The van der Waals surface area contributed by atoms with E-state index < -0.39 is 0 Å². The molecule has 98 valence electrons. The monoisotopic (exact) mass is 276 g/mol. The summed E-state index contributed by atoms with van der Waals surface area (Å²) in [5.41, 5.74) is 1.61. The Labute approximate surface area is 115 Å². The Morgan fingerprint density at radius 1 is 1.42 bits per heavy atom. The second-order valence-electron chi connectivity index (χ2n) is 3.76. The van der Waals surface area contributed by atoms with Crippen molar-refractivity contribution in [1.82, 2.24) is 9.97 Å². The normalized spacial score (nSPS) is 10.0. The number of aliphatic hydroxyl groups excluding tert-OH is 1. The number of nitrogens with zero attached hydrogens (tertiary/aromatic N) is 1. The minimum absolute atomic E-state index is 0.0127. The topological polar surface area (TPSA) is 48.9 Å². The summed E-state index contributed by atoms with van der Waals surface area (Å²) in [7, 11) is 0. The lowest BCUT2D eigenvalue weighted by Gasteiger charge is -2.03. The number of benzene rings is 1. The number of aliphatic hydroxyl groups is 1. The fourth-order valence-electron chi connectivity index (χ4n) is 1.48. The average Bonchev–Trinajstić information content (AvgIpc) is 2.91. The van der Waals surface area contributed by atoms with Crippen LogP contribution in [0.2, 0.25) is 0 Å². The van der Waals surface area contributed by atoms with E-state index in [2.05, 4.69) is 21.8 Å². The Morgan fingerprint density at radius 3 is 3.05 bits per heavy atom. The van der Waals surface area contributed by atoms with Crippen LogP contribution in [0.4, 0.5) is 4.39 Å². The molecule has 0 amide bonds. The number of thioether (sulfide) groups is 1. The standard InChI is InChI=1S/C14H13FN2OS/c15-13-5-4-12(10-19-14-16-6-7-17-14)11(9-13)3-1-2-8-18/h4-7,9,18H,2,8,10H2,(H,16,17). The van der Waals surface area contributed by atoms with Crippen LogP contribution < -0.4 is 0 Å². The third-order valence-corrected chi connectivity index (χ3v) is 3.32. The Bertz CT molecular complexity index is 587. The first-order valence-corrected chi connectivity index (χ1v) is 6.78. The number of rotatable bonds is 4. The maximum atomic E-state index is 13.2. The van der Waals surface area contributed by atoms with E-state index in [-0.39, 0.29) is 12.4 Å². The van der Waals surface area contributed by atoms with Gasteiger partial charge in [-0.25, -0.2) is 9.37 Å². The summed E-state index contributed by atoms with van der Waals surface area (Å²) in [5.74, 6) is 6.06. The Hall–Kier alpha value is -1.77. The number of hydrogen-bond acceptors (Lipinski definition) is 3. The molecule has 2 aromatic rings. The van der Waals surface area contributed by atoms with Crippen LogP contribution >= 0.6 is 11.8 Å². The molecular weight excluding hydrogens is 263 g/mol. The predicted molar refractivity (Wildman–Crippen MR) is 73.1 cm³/mol. The number of hydrogen-bond donors (Lipinski definition) is 2. The number of nitrogens with one attached hydrogen (secondary N) is 1. The molecule has 0 bridgehead atoms. The van der Waals surface area contributed by atoms with E-state index in [1.54, 1.807) is 18.5 Å². The first kappa shape index (κ1) is 13.7. The summed E-state index contributed by atoms with van der Waals surface area (Å²) in [4.78, 5) is 7.12. The van der Waals surface area contributed by atoms with Crippen LogP contribution in [0.15, 0.2) is 35.7 Å². The molecule has 0 unspecified atom stereocenters. The first-order valence-electron chi connectivity index (χ1n) is 5.80. The van der Waals surface area contributed by atoms with Gasteiger partial charge in [-0.05, 0) is 17.7 Å². The lowest BCUT2D eigenvalue weighted by molar-refractivity contribution is 0.305. The minimum Gasteiger partial charge on any atom is -0.395 e. The van der Waals surface area contributed by atoms with Crippen LogP contribution in [0.5, 0.6) is 0 Å². The smallest absolute Gasteiger partial charge is 0.165 e. The second-order valence-corrected chi connectivity index (χ2v) is 4.72. The zero-order valence-corrected chi connectivity index (χ0v) is 11.0. The van der Waals surface area contributed by atoms with Crippen molar-refractivity contribution in [2.45, 2.75) is 17.3 Å². The van der Waals surface area contributed by atoms with E-state index in [1.165, 1.54) is 23.9 Å². The van der Waals surface area contributed by atoms with Crippen molar-refractivity contribution >= 4 is 11.8 Å². The van der Waals surface area contributed by atoms with Crippen molar-refractivity contribution in [3.63, 3.8) is 0 Å². The number of aromatic amines is 1. The first-order chi connectivity index (χ1) is 9.29. The van der Waals surface area contributed by atoms with Crippen molar-refractivity contribution in [3.05, 3.63) is 47.5 Å². The highest BCUT2D eigenvalue weighted by Gasteiger charge is 2.04. The summed E-state index contributed by atoms with van der Waals surface area (Å²) < 4.78 is 13.2. The number of imidazole rings is 1. The summed E-state index contributed by atoms with van der Waals surface area (Å²) in [6.07, 6.45) is 3.84. The van der Waals surface area contributed by atoms with E-state index in [0.717, 1.165) is 10.7 Å². The molecule has 0 saturated carbocycles. The zero-order valence-electron chi connectivity index (χ0n) is 10.2. The SMILES string of the molecule is OCCC#Cc1cc(F)ccc1CSc1ncc[nH]1. The molecule has 0 fully saturated rings. The van der Waals surface area contributed by atoms with E-state index in [4.69, 9.17) is 5.11 Å². The highest BCUT2D eigenvalue weighted by atomic mass is 32.2. The molecule has 0 spiro atoms. The molecule has 19 heavy (non-hydrogen) atoms. The number of aromatic nitrogens is 2. The Balaban J connectivity index is 2.12. The van der Waals surface area contributed by atoms with Gasteiger partial charge in [0, 0.05) is 30.1 Å². The zero-order chi connectivity index (χ0) is 13.5. The molecule has 5 heteroatoms. The average molecular weight is 276 g/mol. The van der Waals surface area contributed by atoms with Gasteiger partial charge in [-0.2, -0.15) is 0 Å². The molecule has 1 aromatic carbocycles.